The third-order valence-electron chi connectivity index (χ3n) is 5.22. The van der Waals surface area contributed by atoms with E-state index in [4.69, 9.17) is 4.74 Å². The zero-order valence-corrected chi connectivity index (χ0v) is 18.2. The molecule has 1 saturated heterocycles. The van der Waals surface area contributed by atoms with Crippen LogP contribution in [0, 0.1) is 6.92 Å². The van der Waals surface area contributed by atoms with Crippen molar-refractivity contribution in [3.8, 4) is 5.75 Å². The molecule has 1 aliphatic heterocycles. The third kappa shape index (κ3) is 4.86. The number of rotatable bonds is 8. The second-order valence-corrected chi connectivity index (χ2v) is 7.83. The van der Waals surface area contributed by atoms with Crippen LogP contribution in [0.5, 0.6) is 5.75 Å². The van der Waals surface area contributed by atoms with Crippen molar-refractivity contribution in [2.24, 2.45) is 0 Å². The van der Waals surface area contributed by atoms with Gasteiger partial charge in [0.15, 0.2) is 0 Å². The van der Waals surface area contributed by atoms with Gasteiger partial charge in [-0.15, -0.1) is 0 Å². The molecule has 162 valence electrons. The number of hydrogen-bond acceptors (Lipinski definition) is 5. The molecule has 0 bridgehead atoms. The van der Waals surface area contributed by atoms with Crippen LogP contribution in [0.15, 0.2) is 66.8 Å². The number of carbonyl (C=O) groups excluding carboxylic acids is 2. The number of aryl methyl sites for hydroxylation is 1. The van der Waals surface area contributed by atoms with E-state index in [1.807, 2.05) is 50.2 Å². The zero-order chi connectivity index (χ0) is 22.5. The summed E-state index contributed by atoms with van der Waals surface area (Å²) in [6.07, 6.45) is 1.66. The van der Waals surface area contributed by atoms with Gasteiger partial charge in [0.2, 0.25) is 0 Å². The fraction of sp³-hybridized carbons (Fsp3) is 0.280. The first-order valence-corrected chi connectivity index (χ1v) is 10.2. The van der Waals surface area contributed by atoms with Gasteiger partial charge in [0, 0.05) is 18.7 Å². The molecule has 1 fully saturated rings. The molecule has 6 heteroatoms. The first-order chi connectivity index (χ1) is 14.8. The van der Waals surface area contributed by atoms with E-state index >= 15 is 0 Å². The lowest BCUT2D eigenvalue weighted by Crippen LogP contribution is -2.35. The van der Waals surface area contributed by atoms with Crippen LogP contribution in [0.3, 0.4) is 0 Å². The highest BCUT2D eigenvalue weighted by molar-refractivity contribution is 6.46. The van der Waals surface area contributed by atoms with E-state index in [1.165, 1.54) is 4.90 Å². The van der Waals surface area contributed by atoms with Crippen LogP contribution < -0.4 is 4.74 Å². The summed E-state index contributed by atoms with van der Waals surface area (Å²) in [5.74, 6) is -0.781. The predicted octanol–water partition coefficient (Wildman–Crippen LogP) is 3.54. The number of ether oxygens (including phenoxy) is 1. The molecule has 1 amide bonds. The first kappa shape index (κ1) is 22.3. The molecular weight excluding hydrogens is 392 g/mol. The first-order valence-electron chi connectivity index (χ1n) is 10.2. The molecule has 6 nitrogen and oxygen atoms in total. The highest BCUT2D eigenvalue weighted by Gasteiger charge is 2.45. The molecule has 1 heterocycles. The van der Waals surface area contributed by atoms with Crippen molar-refractivity contribution < 1.29 is 19.4 Å². The van der Waals surface area contributed by atoms with Crippen molar-refractivity contribution in [1.29, 1.82) is 0 Å². The number of likely N-dealkylation sites (N-methyl/N-ethyl adjacent to an activating group) is 1. The van der Waals surface area contributed by atoms with E-state index in [-0.39, 0.29) is 11.3 Å². The van der Waals surface area contributed by atoms with Gasteiger partial charge in [-0.25, -0.2) is 0 Å². The number of Topliss-reactive ketones (excluding diaryl/α,β-unsaturated/α-hetero) is 1. The van der Waals surface area contributed by atoms with Crippen LogP contribution in [0.1, 0.15) is 22.7 Å². The lowest BCUT2D eigenvalue weighted by Gasteiger charge is -2.26. The Morgan fingerprint density at radius 3 is 2.35 bits per heavy atom. The Hall–Kier alpha value is -3.38. The Morgan fingerprint density at radius 2 is 1.77 bits per heavy atom. The van der Waals surface area contributed by atoms with Crippen molar-refractivity contribution >= 4 is 17.4 Å². The molecule has 0 spiro atoms. The van der Waals surface area contributed by atoms with Crippen LogP contribution in [0.25, 0.3) is 5.76 Å². The third-order valence-corrected chi connectivity index (χ3v) is 5.22. The van der Waals surface area contributed by atoms with Crippen molar-refractivity contribution in [3.05, 3.63) is 83.4 Å². The smallest absolute Gasteiger partial charge is 0.295 e. The number of carbonyl (C=O) groups is 2. The molecule has 2 aromatic carbocycles. The highest BCUT2D eigenvalue weighted by Crippen LogP contribution is 2.39. The van der Waals surface area contributed by atoms with Gasteiger partial charge < -0.3 is 19.6 Å². The molecule has 0 aromatic heterocycles. The van der Waals surface area contributed by atoms with Crippen LogP contribution in [-0.4, -0.2) is 60.4 Å². The van der Waals surface area contributed by atoms with E-state index in [1.54, 1.807) is 30.3 Å². The Bertz CT molecular complexity index is 991. The number of likely N-dealkylation sites (tertiary alicyclic amines) is 1. The molecule has 1 atom stereocenters. The fourth-order valence-electron chi connectivity index (χ4n) is 3.53. The molecule has 0 unspecified atom stereocenters. The number of aliphatic hydroxyl groups is 1. The maximum atomic E-state index is 13.0. The summed E-state index contributed by atoms with van der Waals surface area (Å²) in [6, 6.07) is 13.8. The lowest BCUT2D eigenvalue weighted by atomic mass is 9.95. The topological polar surface area (TPSA) is 70.1 Å². The second kappa shape index (κ2) is 9.62. The Balaban J connectivity index is 2.07. The van der Waals surface area contributed by atoms with Gasteiger partial charge in [-0.3, -0.25) is 9.59 Å². The number of aliphatic hydroxyl groups excluding tert-OH is 1. The van der Waals surface area contributed by atoms with Crippen molar-refractivity contribution in [2.45, 2.75) is 13.0 Å². The summed E-state index contributed by atoms with van der Waals surface area (Å²) in [7, 11) is 3.81. The molecule has 0 aliphatic carbocycles. The molecule has 0 radical (unpaired) electrons. The van der Waals surface area contributed by atoms with Gasteiger partial charge in [0.25, 0.3) is 11.7 Å². The molecular formula is C25H28N2O4. The van der Waals surface area contributed by atoms with Crippen molar-refractivity contribution in [3.63, 3.8) is 0 Å². The average Bonchev–Trinajstić information content (AvgIpc) is 3.01. The number of ketones is 1. The average molecular weight is 421 g/mol. The van der Waals surface area contributed by atoms with Crippen LogP contribution in [-0.2, 0) is 9.59 Å². The largest absolute Gasteiger partial charge is 0.507 e. The van der Waals surface area contributed by atoms with Gasteiger partial charge in [0.05, 0.1) is 11.6 Å². The normalized spacial score (nSPS) is 17.9. The predicted molar refractivity (Wildman–Crippen MR) is 121 cm³/mol. The van der Waals surface area contributed by atoms with Gasteiger partial charge in [-0.05, 0) is 38.7 Å². The molecule has 3 rings (SSSR count). The summed E-state index contributed by atoms with van der Waals surface area (Å²) in [6.45, 7) is 6.92. The van der Waals surface area contributed by atoms with Crippen molar-refractivity contribution in [1.82, 2.24) is 9.80 Å². The van der Waals surface area contributed by atoms with E-state index in [0.717, 1.165) is 11.1 Å². The SMILES string of the molecule is C=CCOc1ccc([C@H]2C(=C(O)c3ccc(C)cc3)C(=O)C(=O)N2CCN(C)C)cc1. The quantitative estimate of drug-likeness (QED) is 0.306. The van der Waals surface area contributed by atoms with Gasteiger partial charge in [-0.2, -0.15) is 0 Å². The maximum Gasteiger partial charge on any atom is 0.295 e. The number of benzene rings is 2. The van der Waals surface area contributed by atoms with Crippen LogP contribution in [0.2, 0.25) is 0 Å². The van der Waals surface area contributed by atoms with Crippen LogP contribution >= 0.6 is 0 Å². The molecule has 1 aliphatic rings. The molecule has 2 aromatic rings. The minimum atomic E-state index is -0.672. The Kier molecular flexibility index (Phi) is 6.92. The van der Waals surface area contributed by atoms with Gasteiger partial charge in [-0.1, -0.05) is 54.6 Å². The van der Waals surface area contributed by atoms with E-state index in [9.17, 15) is 14.7 Å². The zero-order valence-electron chi connectivity index (χ0n) is 18.2. The van der Waals surface area contributed by atoms with Crippen LogP contribution in [0.4, 0.5) is 0 Å². The van der Waals surface area contributed by atoms with Gasteiger partial charge in [0.1, 0.15) is 18.1 Å². The highest BCUT2D eigenvalue weighted by atomic mass is 16.5. The van der Waals surface area contributed by atoms with E-state index < -0.39 is 17.7 Å². The molecule has 31 heavy (non-hydrogen) atoms. The number of amides is 1. The maximum absolute atomic E-state index is 13.0. The summed E-state index contributed by atoms with van der Waals surface area (Å²) in [5, 5.41) is 11.0. The van der Waals surface area contributed by atoms with E-state index in [0.29, 0.717) is 31.0 Å². The molecule has 0 saturated carbocycles. The number of hydrogen-bond donors (Lipinski definition) is 1. The summed E-state index contributed by atoms with van der Waals surface area (Å²) >= 11 is 0. The Morgan fingerprint density at radius 1 is 1.13 bits per heavy atom. The minimum absolute atomic E-state index is 0.104. The monoisotopic (exact) mass is 420 g/mol. The second-order valence-electron chi connectivity index (χ2n) is 7.83. The minimum Gasteiger partial charge on any atom is -0.507 e. The number of nitrogens with zero attached hydrogens (tertiary/aromatic N) is 2. The lowest BCUT2D eigenvalue weighted by molar-refractivity contribution is -0.140. The summed E-state index contributed by atoms with van der Waals surface area (Å²) in [5.41, 5.74) is 2.38. The molecule has 1 N–H and O–H groups in total. The fourth-order valence-corrected chi connectivity index (χ4v) is 3.53. The van der Waals surface area contributed by atoms with Gasteiger partial charge >= 0.3 is 0 Å². The standard InChI is InChI=1S/C25H28N2O4/c1-5-16-31-20-12-10-18(11-13-20)22-21(23(28)19-8-6-17(2)7-9-19)24(29)25(30)27(22)15-14-26(3)4/h5-13,22,28H,1,14-16H2,2-4H3/t22-/m0/s1. The van der Waals surface area contributed by atoms with E-state index in [2.05, 4.69) is 6.58 Å². The summed E-state index contributed by atoms with van der Waals surface area (Å²) in [4.78, 5) is 29.3. The van der Waals surface area contributed by atoms with Crippen molar-refractivity contribution in [2.75, 3.05) is 33.8 Å². The Labute approximate surface area is 183 Å². The summed E-state index contributed by atoms with van der Waals surface area (Å²) < 4.78 is 5.54.